The van der Waals surface area contributed by atoms with Gasteiger partial charge in [-0.05, 0) is 31.0 Å². The number of urea groups is 1. The van der Waals surface area contributed by atoms with Gasteiger partial charge in [0.15, 0.2) is 0 Å². The maximum absolute atomic E-state index is 13.0. The number of alkyl halides is 3. The molecule has 1 saturated heterocycles. The number of methoxy groups -OCH3 is 1. The monoisotopic (exact) mass is 359 g/mol. The lowest BCUT2D eigenvalue weighted by molar-refractivity contribution is -0.137. The molecule has 3 amide bonds. The molecule has 2 N–H and O–H groups in total. The number of benzene rings is 1. The zero-order valence-electron chi connectivity index (χ0n) is 14.0. The molecule has 25 heavy (non-hydrogen) atoms. The van der Waals surface area contributed by atoms with Crippen LogP contribution in [-0.2, 0) is 11.0 Å². The van der Waals surface area contributed by atoms with Gasteiger partial charge in [-0.3, -0.25) is 9.69 Å². The molecule has 6 nitrogen and oxygen atoms in total. The van der Waals surface area contributed by atoms with Crippen molar-refractivity contribution in [2.24, 2.45) is 11.7 Å². The lowest BCUT2D eigenvalue weighted by Gasteiger charge is -2.34. The summed E-state index contributed by atoms with van der Waals surface area (Å²) in [5.41, 5.74) is 4.42. The summed E-state index contributed by atoms with van der Waals surface area (Å²) >= 11 is 0. The molecule has 9 heteroatoms. The maximum atomic E-state index is 13.0. The first-order valence-corrected chi connectivity index (χ1v) is 7.72. The molecule has 1 fully saturated rings. The fraction of sp³-hybridized carbons (Fsp3) is 0.500. The summed E-state index contributed by atoms with van der Waals surface area (Å²) in [5, 5.41) is 0. The van der Waals surface area contributed by atoms with Gasteiger partial charge < -0.3 is 15.4 Å². The molecule has 0 aliphatic carbocycles. The predicted octanol–water partition coefficient (Wildman–Crippen LogP) is 2.47. The van der Waals surface area contributed by atoms with Gasteiger partial charge in [0, 0.05) is 20.1 Å². The van der Waals surface area contributed by atoms with Crippen LogP contribution in [0.25, 0.3) is 0 Å². The molecular formula is C16H20F3N3O3. The quantitative estimate of drug-likeness (QED) is 0.901. The second-order valence-electron chi connectivity index (χ2n) is 5.91. The SMILES string of the molecule is COc1ccc(C(F)(F)F)cc1N(C)C(=O)N1CCC[C@H](C(N)=O)C1. The van der Waals surface area contributed by atoms with Crippen LogP contribution in [0.15, 0.2) is 18.2 Å². The Morgan fingerprint density at radius 1 is 1.36 bits per heavy atom. The average Bonchev–Trinajstić information content (AvgIpc) is 2.59. The van der Waals surface area contributed by atoms with Gasteiger partial charge in [-0.15, -0.1) is 0 Å². The number of nitrogens with two attached hydrogens (primary N) is 1. The molecule has 0 saturated carbocycles. The van der Waals surface area contributed by atoms with E-state index >= 15 is 0 Å². The van der Waals surface area contributed by atoms with E-state index < -0.39 is 29.6 Å². The van der Waals surface area contributed by atoms with Crippen molar-refractivity contribution in [2.75, 3.05) is 32.1 Å². The van der Waals surface area contributed by atoms with Crippen LogP contribution >= 0.6 is 0 Å². The highest BCUT2D eigenvalue weighted by Crippen LogP contribution is 2.36. The van der Waals surface area contributed by atoms with Gasteiger partial charge in [0.1, 0.15) is 5.75 Å². The third-order valence-corrected chi connectivity index (χ3v) is 4.25. The maximum Gasteiger partial charge on any atom is 0.416 e. The number of carbonyl (C=O) groups excluding carboxylic acids is 2. The fourth-order valence-electron chi connectivity index (χ4n) is 2.83. The Balaban J connectivity index is 2.28. The van der Waals surface area contributed by atoms with Crippen LogP contribution in [0, 0.1) is 5.92 Å². The molecular weight excluding hydrogens is 339 g/mol. The highest BCUT2D eigenvalue weighted by Gasteiger charge is 2.33. The Kier molecular flexibility index (Phi) is 5.44. The summed E-state index contributed by atoms with van der Waals surface area (Å²) in [7, 11) is 2.68. The van der Waals surface area contributed by atoms with E-state index in [9.17, 15) is 22.8 Å². The van der Waals surface area contributed by atoms with Gasteiger partial charge in [0.25, 0.3) is 0 Å². The van der Waals surface area contributed by atoms with Crippen LogP contribution in [0.1, 0.15) is 18.4 Å². The minimum atomic E-state index is -4.53. The molecule has 1 heterocycles. The first kappa shape index (κ1) is 18.9. The van der Waals surface area contributed by atoms with Crippen molar-refractivity contribution < 1.29 is 27.5 Å². The Morgan fingerprint density at radius 2 is 2.04 bits per heavy atom. The van der Waals surface area contributed by atoms with Crippen molar-refractivity contribution in [1.29, 1.82) is 0 Å². The fourth-order valence-corrected chi connectivity index (χ4v) is 2.83. The van der Waals surface area contributed by atoms with Crippen molar-refractivity contribution in [3.8, 4) is 5.75 Å². The number of hydrogen-bond donors (Lipinski definition) is 1. The lowest BCUT2D eigenvalue weighted by Crippen LogP contribution is -2.48. The number of rotatable bonds is 3. The molecule has 0 bridgehead atoms. The van der Waals surface area contributed by atoms with Gasteiger partial charge >= 0.3 is 12.2 Å². The summed E-state index contributed by atoms with van der Waals surface area (Å²) in [5.74, 6) is -0.793. The van der Waals surface area contributed by atoms with Gasteiger partial charge in [-0.25, -0.2) is 4.79 Å². The third-order valence-electron chi connectivity index (χ3n) is 4.25. The lowest BCUT2D eigenvalue weighted by atomic mass is 9.98. The van der Waals surface area contributed by atoms with Crippen molar-refractivity contribution in [2.45, 2.75) is 19.0 Å². The second kappa shape index (κ2) is 7.20. The molecule has 1 atom stereocenters. The predicted molar refractivity (Wildman–Crippen MR) is 85.3 cm³/mol. The van der Waals surface area contributed by atoms with E-state index in [4.69, 9.17) is 10.5 Å². The van der Waals surface area contributed by atoms with Crippen molar-refractivity contribution in [1.82, 2.24) is 4.90 Å². The molecule has 138 valence electrons. The van der Waals surface area contributed by atoms with Crippen molar-refractivity contribution in [3.63, 3.8) is 0 Å². The summed E-state index contributed by atoms with van der Waals surface area (Å²) < 4.78 is 43.9. The smallest absolute Gasteiger partial charge is 0.416 e. The number of carbonyl (C=O) groups is 2. The standard InChI is InChI=1S/C16H20F3N3O3/c1-21(15(24)22-7-3-4-10(9-22)14(20)23)12-8-11(16(17,18)19)5-6-13(12)25-2/h5-6,8,10H,3-4,7,9H2,1-2H3,(H2,20,23)/t10-/m0/s1. The van der Waals surface area contributed by atoms with Gasteiger partial charge in [-0.1, -0.05) is 0 Å². The van der Waals surface area contributed by atoms with E-state index in [1.807, 2.05) is 0 Å². The molecule has 1 aliphatic heterocycles. The summed E-state index contributed by atoms with van der Waals surface area (Å²) in [4.78, 5) is 26.5. The number of piperidine rings is 1. The molecule has 1 aromatic rings. The highest BCUT2D eigenvalue weighted by molar-refractivity contribution is 5.93. The Hall–Kier alpha value is -2.45. The molecule has 1 aromatic carbocycles. The minimum absolute atomic E-state index is 0.00326. The van der Waals surface area contributed by atoms with E-state index in [2.05, 4.69) is 0 Å². The third kappa shape index (κ3) is 4.15. The highest BCUT2D eigenvalue weighted by atomic mass is 19.4. The number of ether oxygens (including phenoxy) is 1. The van der Waals surface area contributed by atoms with E-state index in [0.29, 0.717) is 19.4 Å². The summed E-state index contributed by atoms with van der Waals surface area (Å²) in [6.45, 7) is 0.564. The van der Waals surface area contributed by atoms with Crippen LogP contribution in [-0.4, -0.2) is 44.1 Å². The average molecular weight is 359 g/mol. The number of likely N-dealkylation sites (tertiary alicyclic amines) is 1. The number of primary amides is 1. The number of halogens is 3. The topological polar surface area (TPSA) is 75.9 Å². The Morgan fingerprint density at radius 3 is 2.60 bits per heavy atom. The molecule has 0 spiro atoms. The normalized spacial score (nSPS) is 18.0. The Labute approximate surface area is 143 Å². The van der Waals surface area contributed by atoms with Gasteiger partial charge in [0.2, 0.25) is 5.91 Å². The van der Waals surface area contributed by atoms with E-state index in [1.54, 1.807) is 0 Å². The van der Waals surface area contributed by atoms with E-state index in [1.165, 1.54) is 25.1 Å². The minimum Gasteiger partial charge on any atom is -0.495 e. The van der Waals surface area contributed by atoms with Gasteiger partial charge in [0.05, 0.1) is 24.3 Å². The van der Waals surface area contributed by atoms with Gasteiger partial charge in [-0.2, -0.15) is 13.2 Å². The van der Waals surface area contributed by atoms with E-state index in [0.717, 1.165) is 17.0 Å². The first-order valence-electron chi connectivity index (χ1n) is 7.72. The molecule has 0 radical (unpaired) electrons. The molecule has 0 unspecified atom stereocenters. The van der Waals surface area contributed by atoms with E-state index in [-0.39, 0.29) is 18.0 Å². The molecule has 1 aliphatic rings. The second-order valence-corrected chi connectivity index (χ2v) is 5.91. The number of nitrogens with zero attached hydrogens (tertiary/aromatic N) is 2. The summed E-state index contributed by atoms with van der Waals surface area (Å²) in [6, 6.07) is 2.42. The van der Waals surface area contributed by atoms with Crippen LogP contribution in [0.4, 0.5) is 23.7 Å². The Bertz CT molecular complexity index is 664. The first-order chi connectivity index (χ1) is 11.6. The van der Waals surface area contributed by atoms with Crippen LogP contribution in [0.3, 0.4) is 0 Å². The number of amides is 3. The number of anilines is 1. The van der Waals surface area contributed by atoms with Crippen molar-refractivity contribution >= 4 is 17.6 Å². The van der Waals surface area contributed by atoms with Crippen molar-refractivity contribution in [3.05, 3.63) is 23.8 Å². The van der Waals surface area contributed by atoms with Crippen LogP contribution in [0.2, 0.25) is 0 Å². The van der Waals surface area contributed by atoms with Crippen LogP contribution < -0.4 is 15.4 Å². The summed E-state index contributed by atoms with van der Waals surface area (Å²) in [6.07, 6.45) is -3.34. The zero-order chi connectivity index (χ0) is 18.8. The largest absolute Gasteiger partial charge is 0.495 e. The molecule has 2 rings (SSSR count). The molecule has 0 aromatic heterocycles. The zero-order valence-corrected chi connectivity index (χ0v) is 14.0. The van der Waals surface area contributed by atoms with Crippen LogP contribution in [0.5, 0.6) is 5.75 Å². The number of hydrogen-bond acceptors (Lipinski definition) is 3.